The van der Waals surface area contributed by atoms with E-state index in [1.165, 1.54) is 25.1 Å². The van der Waals surface area contributed by atoms with Gasteiger partial charge in [-0.15, -0.1) is 11.3 Å². The van der Waals surface area contributed by atoms with Crippen molar-refractivity contribution in [1.82, 2.24) is 5.32 Å². The predicted octanol–water partition coefficient (Wildman–Crippen LogP) is 2.56. The Balaban J connectivity index is 1.80. The summed E-state index contributed by atoms with van der Waals surface area (Å²) in [6, 6.07) is 9.07. The first-order chi connectivity index (χ1) is 11.0. The zero-order valence-corrected chi connectivity index (χ0v) is 13.1. The predicted molar refractivity (Wildman–Crippen MR) is 82.9 cm³/mol. The molecule has 23 heavy (non-hydrogen) atoms. The molecule has 0 unspecified atom stereocenters. The number of nitrogens with one attached hydrogen (secondary N) is 1. The number of carbonyl (C=O) groups is 3. The van der Waals surface area contributed by atoms with Crippen molar-refractivity contribution in [3.8, 4) is 0 Å². The molecule has 0 aliphatic carbocycles. The summed E-state index contributed by atoms with van der Waals surface area (Å²) in [6.07, 6.45) is 0. The molecule has 120 valence electrons. The van der Waals surface area contributed by atoms with Crippen LogP contribution in [0.25, 0.3) is 0 Å². The molecular formula is C16H14FNO4S. The Morgan fingerprint density at radius 1 is 1.13 bits per heavy atom. The van der Waals surface area contributed by atoms with Crippen LogP contribution in [-0.4, -0.2) is 24.3 Å². The van der Waals surface area contributed by atoms with Crippen LogP contribution < -0.4 is 5.32 Å². The highest BCUT2D eigenvalue weighted by Crippen LogP contribution is 2.17. The van der Waals surface area contributed by atoms with E-state index in [1.54, 1.807) is 18.2 Å². The number of hydrogen-bond donors (Lipinski definition) is 1. The van der Waals surface area contributed by atoms with E-state index >= 15 is 0 Å². The Kier molecular flexibility index (Phi) is 5.59. The fraction of sp³-hybridized carbons (Fsp3) is 0.188. The maximum atomic E-state index is 13.4. The molecule has 0 fully saturated rings. The minimum absolute atomic E-state index is 0.0105. The molecule has 5 nitrogen and oxygen atoms in total. The van der Waals surface area contributed by atoms with E-state index in [4.69, 9.17) is 4.74 Å². The van der Waals surface area contributed by atoms with Crippen molar-refractivity contribution in [3.63, 3.8) is 0 Å². The van der Waals surface area contributed by atoms with Crippen LogP contribution in [0.15, 0.2) is 36.4 Å². The molecule has 0 atom stereocenters. The standard InChI is InChI=1S/C16H14FNO4S/c1-10(19)13-6-7-14(23-13)16(21)22-9-15(20)18-8-11-4-2-3-5-12(11)17/h2-7H,8-9H2,1H3,(H,18,20). The first kappa shape index (κ1) is 16.8. The minimum atomic E-state index is -0.677. The second-order valence-electron chi connectivity index (χ2n) is 4.66. The lowest BCUT2D eigenvalue weighted by atomic mass is 10.2. The summed E-state index contributed by atoms with van der Waals surface area (Å²) in [4.78, 5) is 35.2. The van der Waals surface area contributed by atoms with Gasteiger partial charge in [-0.2, -0.15) is 0 Å². The van der Waals surface area contributed by atoms with Crippen molar-refractivity contribution in [2.24, 2.45) is 0 Å². The van der Waals surface area contributed by atoms with E-state index in [9.17, 15) is 18.8 Å². The summed E-state index contributed by atoms with van der Waals surface area (Å²) in [5, 5.41) is 2.46. The zero-order chi connectivity index (χ0) is 16.8. The second kappa shape index (κ2) is 7.64. The van der Waals surface area contributed by atoms with Gasteiger partial charge in [-0.25, -0.2) is 9.18 Å². The molecule has 1 aromatic carbocycles. The van der Waals surface area contributed by atoms with Crippen LogP contribution in [0, 0.1) is 5.82 Å². The third-order valence-electron chi connectivity index (χ3n) is 2.92. The van der Waals surface area contributed by atoms with Crippen molar-refractivity contribution >= 4 is 29.0 Å². The zero-order valence-electron chi connectivity index (χ0n) is 12.3. The SMILES string of the molecule is CC(=O)c1ccc(C(=O)OCC(=O)NCc2ccccc2F)s1. The number of ether oxygens (including phenoxy) is 1. The molecule has 0 saturated heterocycles. The fourth-order valence-electron chi connectivity index (χ4n) is 1.73. The Morgan fingerprint density at radius 2 is 1.83 bits per heavy atom. The molecular weight excluding hydrogens is 321 g/mol. The van der Waals surface area contributed by atoms with E-state index in [2.05, 4.69) is 5.32 Å². The molecule has 1 amide bonds. The van der Waals surface area contributed by atoms with Gasteiger partial charge in [-0.1, -0.05) is 18.2 Å². The monoisotopic (exact) mass is 335 g/mol. The highest BCUT2D eigenvalue weighted by Gasteiger charge is 2.14. The summed E-state index contributed by atoms with van der Waals surface area (Å²) in [5.74, 6) is -1.77. The van der Waals surface area contributed by atoms with Crippen LogP contribution in [0.3, 0.4) is 0 Å². The maximum Gasteiger partial charge on any atom is 0.348 e. The van der Waals surface area contributed by atoms with Gasteiger partial charge in [0, 0.05) is 12.1 Å². The van der Waals surface area contributed by atoms with Crippen molar-refractivity contribution in [2.75, 3.05) is 6.61 Å². The normalized spacial score (nSPS) is 10.2. The molecule has 0 aliphatic heterocycles. The van der Waals surface area contributed by atoms with Crippen LogP contribution in [-0.2, 0) is 16.1 Å². The lowest BCUT2D eigenvalue weighted by Crippen LogP contribution is -2.28. The molecule has 1 heterocycles. The van der Waals surface area contributed by atoms with Gasteiger partial charge in [-0.05, 0) is 25.1 Å². The van der Waals surface area contributed by atoms with Crippen molar-refractivity contribution in [1.29, 1.82) is 0 Å². The fourth-order valence-corrected chi connectivity index (χ4v) is 2.52. The van der Waals surface area contributed by atoms with Crippen molar-refractivity contribution in [2.45, 2.75) is 13.5 Å². The number of benzene rings is 1. The summed E-state index contributed by atoms with van der Waals surface area (Å²) in [7, 11) is 0. The molecule has 0 saturated carbocycles. The van der Waals surface area contributed by atoms with Gasteiger partial charge in [0.15, 0.2) is 12.4 Å². The number of rotatable bonds is 6. The molecule has 0 radical (unpaired) electrons. The smallest absolute Gasteiger partial charge is 0.348 e. The van der Waals surface area contributed by atoms with E-state index < -0.39 is 24.3 Å². The lowest BCUT2D eigenvalue weighted by Gasteiger charge is -2.06. The molecule has 1 aromatic heterocycles. The molecule has 2 rings (SSSR count). The Hall–Kier alpha value is -2.54. The Bertz CT molecular complexity index is 741. The second-order valence-corrected chi connectivity index (χ2v) is 5.75. The number of esters is 1. The summed E-state index contributed by atoms with van der Waals surface area (Å²) in [5.41, 5.74) is 0.344. The number of Topliss-reactive ketones (excluding diaryl/α,β-unsaturated/α-hetero) is 1. The summed E-state index contributed by atoms with van der Waals surface area (Å²) in [6.45, 7) is 0.939. The van der Waals surface area contributed by atoms with Gasteiger partial charge in [0.25, 0.3) is 5.91 Å². The topological polar surface area (TPSA) is 72.5 Å². The first-order valence-electron chi connectivity index (χ1n) is 6.75. The van der Waals surface area contributed by atoms with Gasteiger partial charge < -0.3 is 10.1 Å². The Labute approximate surface area is 136 Å². The average molecular weight is 335 g/mol. The van der Waals surface area contributed by atoms with Gasteiger partial charge in [0.05, 0.1) is 4.88 Å². The van der Waals surface area contributed by atoms with Crippen LogP contribution in [0.4, 0.5) is 4.39 Å². The highest BCUT2D eigenvalue weighted by atomic mass is 32.1. The molecule has 1 N–H and O–H groups in total. The number of hydrogen-bond acceptors (Lipinski definition) is 5. The molecule has 0 bridgehead atoms. The van der Waals surface area contributed by atoms with Crippen LogP contribution >= 0.6 is 11.3 Å². The van der Waals surface area contributed by atoms with Gasteiger partial charge in [0.1, 0.15) is 10.7 Å². The molecule has 0 spiro atoms. The van der Waals surface area contributed by atoms with E-state index in [0.29, 0.717) is 10.4 Å². The number of ketones is 1. The number of thiophene rings is 1. The largest absolute Gasteiger partial charge is 0.451 e. The van der Waals surface area contributed by atoms with Gasteiger partial charge >= 0.3 is 5.97 Å². The lowest BCUT2D eigenvalue weighted by molar-refractivity contribution is -0.124. The maximum absolute atomic E-state index is 13.4. The first-order valence-corrected chi connectivity index (χ1v) is 7.57. The van der Waals surface area contributed by atoms with Gasteiger partial charge in [-0.3, -0.25) is 9.59 Å². The number of carbonyl (C=O) groups excluding carboxylic acids is 3. The van der Waals surface area contributed by atoms with E-state index in [-0.39, 0.29) is 17.2 Å². The summed E-state index contributed by atoms with van der Waals surface area (Å²) >= 11 is 1.01. The average Bonchev–Trinajstić information content (AvgIpc) is 3.02. The van der Waals surface area contributed by atoms with Crippen molar-refractivity contribution < 1.29 is 23.5 Å². The van der Waals surface area contributed by atoms with E-state index in [0.717, 1.165) is 11.3 Å². The third kappa shape index (κ3) is 4.72. The van der Waals surface area contributed by atoms with Crippen molar-refractivity contribution in [3.05, 3.63) is 57.5 Å². The number of halogens is 1. The summed E-state index contributed by atoms with van der Waals surface area (Å²) < 4.78 is 18.2. The third-order valence-corrected chi connectivity index (χ3v) is 4.09. The minimum Gasteiger partial charge on any atom is -0.451 e. The van der Waals surface area contributed by atoms with E-state index in [1.807, 2.05) is 0 Å². The molecule has 0 aliphatic rings. The number of amides is 1. The Morgan fingerprint density at radius 3 is 2.48 bits per heavy atom. The quantitative estimate of drug-likeness (QED) is 0.650. The van der Waals surface area contributed by atoms with Gasteiger partial charge in [0.2, 0.25) is 0 Å². The van der Waals surface area contributed by atoms with Crippen LogP contribution in [0.1, 0.15) is 31.8 Å². The molecule has 2 aromatic rings. The van der Waals surface area contributed by atoms with Crippen LogP contribution in [0.5, 0.6) is 0 Å². The molecule has 7 heteroatoms. The highest BCUT2D eigenvalue weighted by molar-refractivity contribution is 7.15. The van der Waals surface area contributed by atoms with Crippen LogP contribution in [0.2, 0.25) is 0 Å².